The second-order valence-corrected chi connectivity index (χ2v) is 7.23. The van der Waals surface area contributed by atoms with Gasteiger partial charge in [0.2, 0.25) is 5.91 Å². The number of amides is 2. The number of nitrogens with zero attached hydrogens (tertiary/aromatic N) is 2. The molecular formula is C20H28FN3O3. The monoisotopic (exact) mass is 377 g/mol. The fourth-order valence-corrected chi connectivity index (χ4v) is 3.70. The Bertz CT molecular complexity index is 674. The van der Waals surface area contributed by atoms with Crippen molar-refractivity contribution in [3.8, 4) is 5.75 Å². The number of nitrogens with one attached hydrogen (secondary N) is 1. The van der Waals surface area contributed by atoms with Crippen molar-refractivity contribution >= 4 is 17.5 Å². The molecule has 27 heavy (non-hydrogen) atoms. The van der Waals surface area contributed by atoms with E-state index in [0.29, 0.717) is 24.4 Å². The molecule has 0 radical (unpaired) electrons. The Morgan fingerprint density at radius 3 is 2.81 bits per heavy atom. The lowest BCUT2D eigenvalue weighted by Gasteiger charge is -2.33. The van der Waals surface area contributed by atoms with Crippen molar-refractivity contribution < 1.29 is 18.7 Å². The molecule has 6 nitrogen and oxygen atoms in total. The molecule has 0 bridgehead atoms. The fourth-order valence-electron chi connectivity index (χ4n) is 3.70. The van der Waals surface area contributed by atoms with E-state index in [1.165, 1.54) is 12.1 Å². The molecule has 2 amide bonds. The molecule has 3 rings (SSSR count). The number of rotatable bonds is 7. The maximum Gasteiger partial charge on any atom is 0.265 e. The Hall–Kier alpha value is -2.15. The predicted molar refractivity (Wildman–Crippen MR) is 101 cm³/mol. The minimum Gasteiger partial charge on any atom is -0.481 e. The summed E-state index contributed by atoms with van der Waals surface area (Å²) in [5, 5.41) is 3.11. The lowest BCUT2D eigenvalue weighted by molar-refractivity contribution is -0.122. The van der Waals surface area contributed by atoms with Crippen molar-refractivity contribution in [3.63, 3.8) is 0 Å². The van der Waals surface area contributed by atoms with Crippen molar-refractivity contribution in [1.29, 1.82) is 0 Å². The van der Waals surface area contributed by atoms with E-state index in [0.717, 1.165) is 45.3 Å². The second-order valence-electron chi connectivity index (χ2n) is 7.23. The third-order valence-electron chi connectivity index (χ3n) is 5.15. The van der Waals surface area contributed by atoms with Crippen LogP contribution in [-0.4, -0.2) is 55.5 Å². The summed E-state index contributed by atoms with van der Waals surface area (Å²) in [6, 6.07) is 4.56. The van der Waals surface area contributed by atoms with Crippen LogP contribution in [0.2, 0.25) is 0 Å². The van der Waals surface area contributed by atoms with Gasteiger partial charge in [-0.1, -0.05) is 6.92 Å². The van der Waals surface area contributed by atoms with Gasteiger partial charge in [-0.25, -0.2) is 4.39 Å². The molecule has 2 aliphatic rings. The van der Waals surface area contributed by atoms with E-state index in [1.807, 2.05) is 6.92 Å². The highest BCUT2D eigenvalue weighted by Crippen LogP contribution is 2.32. The van der Waals surface area contributed by atoms with Crippen LogP contribution in [0.4, 0.5) is 10.1 Å². The highest BCUT2D eigenvalue weighted by Gasteiger charge is 2.26. The second kappa shape index (κ2) is 9.17. The number of fused-ring (bicyclic) bond motifs is 1. The molecule has 0 aromatic heterocycles. The Kier molecular flexibility index (Phi) is 6.66. The molecular weight excluding hydrogens is 349 g/mol. The normalized spacial score (nSPS) is 18.1. The van der Waals surface area contributed by atoms with Gasteiger partial charge in [0.25, 0.3) is 5.91 Å². The third-order valence-corrected chi connectivity index (χ3v) is 5.15. The highest BCUT2D eigenvalue weighted by atomic mass is 19.1. The Morgan fingerprint density at radius 1 is 1.30 bits per heavy atom. The van der Waals surface area contributed by atoms with Crippen LogP contribution in [0, 0.1) is 5.82 Å². The van der Waals surface area contributed by atoms with E-state index >= 15 is 0 Å². The summed E-state index contributed by atoms with van der Waals surface area (Å²) in [6.45, 7) is 5.37. The fraction of sp³-hybridized carbons (Fsp3) is 0.600. The molecule has 0 atom stereocenters. The molecule has 1 aromatic rings. The number of ether oxygens (including phenoxy) is 1. The number of hydrogen-bond donors (Lipinski definition) is 1. The smallest absolute Gasteiger partial charge is 0.265 e. The molecule has 0 unspecified atom stereocenters. The number of hydrogen-bond acceptors (Lipinski definition) is 4. The van der Waals surface area contributed by atoms with E-state index in [9.17, 15) is 14.0 Å². The van der Waals surface area contributed by atoms with Crippen LogP contribution in [0.25, 0.3) is 0 Å². The van der Waals surface area contributed by atoms with E-state index in [2.05, 4.69) is 10.2 Å². The van der Waals surface area contributed by atoms with Crippen LogP contribution in [0.15, 0.2) is 18.2 Å². The zero-order chi connectivity index (χ0) is 19.2. The third kappa shape index (κ3) is 5.19. The molecule has 148 valence electrons. The van der Waals surface area contributed by atoms with Crippen molar-refractivity contribution in [2.75, 3.05) is 37.7 Å². The van der Waals surface area contributed by atoms with Crippen LogP contribution in [0.1, 0.15) is 39.0 Å². The molecule has 0 spiro atoms. The number of likely N-dealkylation sites (tertiary alicyclic amines) is 1. The summed E-state index contributed by atoms with van der Waals surface area (Å²) in [7, 11) is 0. The quantitative estimate of drug-likeness (QED) is 0.792. The molecule has 1 N–H and O–H groups in total. The molecule has 1 aromatic carbocycles. The van der Waals surface area contributed by atoms with E-state index in [-0.39, 0.29) is 30.3 Å². The maximum absolute atomic E-state index is 13.4. The van der Waals surface area contributed by atoms with Crippen LogP contribution in [-0.2, 0) is 9.59 Å². The first-order chi connectivity index (χ1) is 13.1. The van der Waals surface area contributed by atoms with Crippen LogP contribution in [0.5, 0.6) is 5.75 Å². The molecule has 0 saturated carbocycles. The highest BCUT2D eigenvalue weighted by molar-refractivity contribution is 5.97. The minimum atomic E-state index is -0.364. The van der Waals surface area contributed by atoms with Crippen LogP contribution in [0.3, 0.4) is 0 Å². The molecule has 2 heterocycles. The van der Waals surface area contributed by atoms with Crippen molar-refractivity contribution in [1.82, 2.24) is 10.2 Å². The number of anilines is 1. The zero-order valence-electron chi connectivity index (χ0n) is 15.9. The van der Waals surface area contributed by atoms with Gasteiger partial charge in [-0.3, -0.25) is 9.59 Å². The average Bonchev–Trinajstić information content (AvgIpc) is 2.65. The van der Waals surface area contributed by atoms with Gasteiger partial charge in [-0.05, 0) is 44.4 Å². The van der Waals surface area contributed by atoms with Gasteiger partial charge in [-0.15, -0.1) is 0 Å². The first kappa shape index (κ1) is 19.6. The number of carbonyl (C=O) groups is 2. The standard InChI is InChI=1S/C20H28FN3O3/c1-2-4-19(25)22-16-7-11-23(12-8-16)9-3-10-24-17-6-5-15(21)13-18(17)27-14-20(24)26/h5-6,13,16H,2-4,7-12,14H2,1H3,(H,22,25). The Morgan fingerprint density at radius 2 is 2.07 bits per heavy atom. The van der Waals surface area contributed by atoms with Gasteiger partial charge < -0.3 is 19.9 Å². The number of carbonyl (C=O) groups excluding carboxylic acids is 2. The van der Waals surface area contributed by atoms with E-state index in [1.54, 1.807) is 11.0 Å². The summed E-state index contributed by atoms with van der Waals surface area (Å²) >= 11 is 0. The maximum atomic E-state index is 13.4. The average molecular weight is 377 g/mol. The van der Waals surface area contributed by atoms with Gasteiger partial charge in [0.15, 0.2) is 6.61 Å². The lowest BCUT2D eigenvalue weighted by Crippen LogP contribution is -2.45. The number of benzene rings is 1. The summed E-state index contributed by atoms with van der Waals surface area (Å²) < 4.78 is 18.7. The van der Waals surface area contributed by atoms with Gasteiger partial charge in [0, 0.05) is 38.2 Å². The van der Waals surface area contributed by atoms with Crippen LogP contribution >= 0.6 is 0 Å². The van der Waals surface area contributed by atoms with Crippen molar-refractivity contribution in [2.45, 2.75) is 45.1 Å². The van der Waals surface area contributed by atoms with Crippen molar-refractivity contribution in [2.24, 2.45) is 0 Å². The van der Waals surface area contributed by atoms with Gasteiger partial charge in [0.05, 0.1) is 5.69 Å². The molecule has 1 saturated heterocycles. The summed E-state index contributed by atoms with van der Waals surface area (Å²) in [5.74, 6) is 0.124. The summed E-state index contributed by atoms with van der Waals surface area (Å²) in [4.78, 5) is 27.9. The SMILES string of the molecule is CCCC(=O)NC1CCN(CCCN2C(=O)COc3cc(F)ccc32)CC1. The van der Waals surface area contributed by atoms with Gasteiger partial charge >= 0.3 is 0 Å². The summed E-state index contributed by atoms with van der Waals surface area (Å²) in [5.41, 5.74) is 0.644. The first-order valence-corrected chi connectivity index (χ1v) is 9.81. The Labute approximate surface area is 159 Å². The van der Waals surface area contributed by atoms with Gasteiger partial charge in [-0.2, -0.15) is 0 Å². The predicted octanol–water partition coefficient (Wildman–Crippen LogP) is 2.32. The van der Waals surface area contributed by atoms with Crippen molar-refractivity contribution in [3.05, 3.63) is 24.0 Å². The molecule has 7 heteroatoms. The first-order valence-electron chi connectivity index (χ1n) is 9.81. The Balaban J connectivity index is 1.43. The van der Waals surface area contributed by atoms with E-state index < -0.39 is 0 Å². The van der Waals surface area contributed by atoms with Crippen LogP contribution < -0.4 is 15.0 Å². The minimum absolute atomic E-state index is 0.0424. The topological polar surface area (TPSA) is 61.9 Å². The van der Waals surface area contributed by atoms with Gasteiger partial charge in [0.1, 0.15) is 11.6 Å². The molecule has 0 aliphatic carbocycles. The molecule has 2 aliphatic heterocycles. The lowest BCUT2D eigenvalue weighted by atomic mass is 10.0. The number of halogens is 1. The zero-order valence-corrected chi connectivity index (χ0v) is 15.9. The summed E-state index contributed by atoms with van der Waals surface area (Å²) in [6.07, 6.45) is 4.25. The molecule has 1 fully saturated rings. The van der Waals surface area contributed by atoms with E-state index in [4.69, 9.17) is 4.74 Å². The largest absolute Gasteiger partial charge is 0.481 e. The number of piperidine rings is 1.